The van der Waals surface area contributed by atoms with Gasteiger partial charge in [-0.1, -0.05) is 17.7 Å². The molecular weight excluding hydrogens is 393 g/mol. The van der Waals surface area contributed by atoms with E-state index in [-0.39, 0.29) is 10.9 Å². The fraction of sp³-hybridized carbons (Fsp3) is 0.476. The number of amides is 1. The number of carbonyl (C=O) groups excluding carboxylic acids is 1. The molecule has 0 spiro atoms. The number of aryl methyl sites for hydroxylation is 1. The molecule has 154 valence electrons. The lowest BCUT2D eigenvalue weighted by molar-refractivity contribution is -0.131. The van der Waals surface area contributed by atoms with Crippen LogP contribution in [0.4, 0.5) is 16.0 Å². The quantitative estimate of drug-likeness (QED) is 0.748. The van der Waals surface area contributed by atoms with Crippen molar-refractivity contribution in [3.8, 4) is 0 Å². The average molecular weight is 418 g/mol. The second-order valence-electron chi connectivity index (χ2n) is 7.56. The van der Waals surface area contributed by atoms with Crippen LogP contribution in [-0.2, 0) is 11.2 Å². The molecule has 0 N–H and O–H groups in total. The van der Waals surface area contributed by atoms with Crippen molar-refractivity contribution >= 4 is 29.1 Å². The Balaban J connectivity index is 1.26. The smallest absolute Gasteiger partial charge is 0.223 e. The molecule has 0 bridgehead atoms. The SMILES string of the molecule is O=C(CCc1ccc(F)c(Cl)c1)N1CCN(c2ccc(N3CCCC3)nn2)CC1. The van der Waals surface area contributed by atoms with Crippen LogP contribution >= 0.6 is 11.6 Å². The van der Waals surface area contributed by atoms with Gasteiger partial charge in [-0.05, 0) is 49.1 Å². The van der Waals surface area contributed by atoms with Crippen molar-refractivity contribution in [2.75, 3.05) is 49.1 Å². The molecule has 1 aromatic heterocycles. The third kappa shape index (κ3) is 4.78. The molecule has 1 amide bonds. The van der Waals surface area contributed by atoms with E-state index in [0.29, 0.717) is 25.9 Å². The average Bonchev–Trinajstić information content (AvgIpc) is 3.29. The first kappa shape index (κ1) is 19.9. The molecule has 8 heteroatoms. The predicted molar refractivity (Wildman–Crippen MR) is 112 cm³/mol. The summed E-state index contributed by atoms with van der Waals surface area (Å²) in [5, 5.41) is 8.88. The number of hydrogen-bond donors (Lipinski definition) is 0. The van der Waals surface area contributed by atoms with Crippen molar-refractivity contribution in [2.24, 2.45) is 0 Å². The second kappa shape index (κ2) is 8.95. The van der Waals surface area contributed by atoms with Crippen LogP contribution in [-0.4, -0.2) is 60.3 Å². The summed E-state index contributed by atoms with van der Waals surface area (Å²) in [6.45, 7) is 4.92. The summed E-state index contributed by atoms with van der Waals surface area (Å²) in [5.74, 6) is 1.48. The molecule has 3 heterocycles. The molecule has 0 aliphatic carbocycles. The molecule has 0 radical (unpaired) electrons. The highest BCUT2D eigenvalue weighted by Gasteiger charge is 2.22. The Kier molecular flexibility index (Phi) is 6.13. The van der Waals surface area contributed by atoms with Crippen molar-refractivity contribution in [3.05, 3.63) is 46.7 Å². The zero-order valence-corrected chi connectivity index (χ0v) is 17.1. The van der Waals surface area contributed by atoms with Crippen LogP contribution in [0.2, 0.25) is 5.02 Å². The van der Waals surface area contributed by atoms with Crippen molar-refractivity contribution in [2.45, 2.75) is 25.7 Å². The molecule has 2 aromatic rings. The lowest BCUT2D eigenvalue weighted by atomic mass is 10.1. The zero-order valence-electron chi connectivity index (χ0n) is 16.4. The van der Waals surface area contributed by atoms with E-state index in [2.05, 4.69) is 20.0 Å². The number of hydrogen-bond acceptors (Lipinski definition) is 5. The normalized spacial score (nSPS) is 17.1. The van der Waals surface area contributed by atoms with E-state index in [1.165, 1.54) is 18.9 Å². The maximum absolute atomic E-state index is 13.2. The highest BCUT2D eigenvalue weighted by molar-refractivity contribution is 6.30. The summed E-state index contributed by atoms with van der Waals surface area (Å²) in [4.78, 5) is 18.8. The van der Waals surface area contributed by atoms with Gasteiger partial charge in [0.25, 0.3) is 0 Å². The number of benzene rings is 1. The van der Waals surface area contributed by atoms with E-state index in [1.807, 2.05) is 17.0 Å². The molecule has 1 aromatic carbocycles. The predicted octanol–water partition coefficient (Wildman–Crippen LogP) is 3.15. The third-order valence-corrected chi connectivity index (χ3v) is 5.92. The Hall–Kier alpha value is -2.41. The van der Waals surface area contributed by atoms with E-state index < -0.39 is 5.82 Å². The molecule has 0 saturated carbocycles. The van der Waals surface area contributed by atoms with E-state index in [0.717, 1.165) is 43.4 Å². The summed E-state index contributed by atoms with van der Waals surface area (Å²) in [7, 11) is 0. The Labute approximate surface area is 175 Å². The monoisotopic (exact) mass is 417 g/mol. The van der Waals surface area contributed by atoms with Crippen LogP contribution in [0.3, 0.4) is 0 Å². The first-order valence-corrected chi connectivity index (χ1v) is 10.5. The van der Waals surface area contributed by atoms with Gasteiger partial charge in [-0.2, -0.15) is 0 Å². The summed E-state index contributed by atoms with van der Waals surface area (Å²) >= 11 is 5.81. The first-order chi connectivity index (χ1) is 14.1. The van der Waals surface area contributed by atoms with Crippen LogP contribution in [0.5, 0.6) is 0 Å². The van der Waals surface area contributed by atoms with E-state index >= 15 is 0 Å². The van der Waals surface area contributed by atoms with Crippen LogP contribution in [0.1, 0.15) is 24.8 Å². The summed E-state index contributed by atoms with van der Waals surface area (Å²) in [6, 6.07) is 8.68. The van der Waals surface area contributed by atoms with E-state index in [9.17, 15) is 9.18 Å². The van der Waals surface area contributed by atoms with Gasteiger partial charge >= 0.3 is 0 Å². The molecule has 2 fully saturated rings. The highest BCUT2D eigenvalue weighted by Crippen LogP contribution is 2.21. The summed E-state index contributed by atoms with van der Waals surface area (Å²) < 4.78 is 13.2. The van der Waals surface area contributed by atoms with Gasteiger partial charge in [-0.3, -0.25) is 4.79 Å². The van der Waals surface area contributed by atoms with Gasteiger partial charge in [-0.15, -0.1) is 10.2 Å². The maximum Gasteiger partial charge on any atom is 0.223 e. The Morgan fingerprint density at radius 1 is 0.931 bits per heavy atom. The van der Waals surface area contributed by atoms with Crippen LogP contribution in [0.25, 0.3) is 0 Å². The minimum Gasteiger partial charge on any atom is -0.355 e. The fourth-order valence-electron chi connectivity index (χ4n) is 3.89. The van der Waals surface area contributed by atoms with Crippen LogP contribution in [0.15, 0.2) is 30.3 Å². The van der Waals surface area contributed by atoms with Gasteiger partial charge in [0.2, 0.25) is 5.91 Å². The molecule has 2 aliphatic heterocycles. The van der Waals surface area contributed by atoms with Crippen LogP contribution < -0.4 is 9.80 Å². The largest absolute Gasteiger partial charge is 0.355 e. The van der Waals surface area contributed by atoms with Crippen molar-refractivity contribution in [1.82, 2.24) is 15.1 Å². The standard InChI is InChI=1S/C21H25ClFN5O/c22-17-15-16(3-5-18(17)23)4-8-21(29)28-13-11-27(12-14-28)20-7-6-19(24-25-20)26-9-1-2-10-26/h3,5-7,15H,1-2,4,8-14H2. The Morgan fingerprint density at radius 2 is 1.55 bits per heavy atom. The Bertz CT molecular complexity index is 849. The van der Waals surface area contributed by atoms with Gasteiger partial charge in [0.1, 0.15) is 5.82 Å². The molecule has 2 aliphatic rings. The Morgan fingerprint density at radius 3 is 2.14 bits per heavy atom. The highest BCUT2D eigenvalue weighted by atomic mass is 35.5. The van der Waals surface area contributed by atoms with Crippen molar-refractivity contribution in [3.63, 3.8) is 0 Å². The number of aromatic nitrogens is 2. The number of carbonyl (C=O) groups is 1. The number of rotatable bonds is 5. The summed E-state index contributed by atoms with van der Waals surface area (Å²) in [6.07, 6.45) is 3.38. The number of piperazine rings is 1. The third-order valence-electron chi connectivity index (χ3n) is 5.63. The van der Waals surface area contributed by atoms with Gasteiger partial charge in [0.15, 0.2) is 11.6 Å². The van der Waals surface area contributed by atoms with Gasteiger partial charge in [-0.25, -0.2) is 4.39 Å². The summed E-state index contributed by atoms with van der Waals surface area (Å²) in [5.41, 5.74) is 0.872. The fourth-order valence-corrected chi connectivity index (χ4v) is 4.09. The lowest BCUT2D eigenvalue weighted by Crippen LogP contribution is -2.49. The maximum atomic E-state index is 13.2. The molecule has 29 heavy (non-hydrogen) atoms. The molecule has 6 nitrogen and oxygen atoms in total. The number of anilines is 2. The minimum atomic E-state index is -0.436. The van der Waals surface area contributed by atoms with Gasteiger partial charge in [0, 0.05) is 45.7 Å². The number of halogens is 2. The lowest BCUT2D eigenvalue weighted by Gasteiger charge is -2.35. The zero-order chi connectivity index (χ0) is 20.2. The second-order valence-corrected chi connectivity index (χ2v) is 7.97. The molecule has 0 atom stereocenters. The van der Waals surface area contributed by atoms with Gasteiger partial charge in [0.05, 0.1) is 5.02 Å². The molecule has 2 saturated heterocycles. The van der Waals surface area contributed by atoms with Crippen molar-refractivity contribution in [1.29, 1.82) is 0 Å². The minimum absolute atomic E-state index is 0.0976. The first-order valence-electron chi connectivity index (χ1n) is 10.2. The van der Waals surface area contributed by atoms with E-state index in [1.54, 1.807) is 12.1 Å². The molecule has 4 rings (SSSR count). The molecule has 0 unspecified atom stereocenters. The van der Waals surface area contributed by atoms with Crippen LogP contribution in [0, 0.1) is 5.82 Å². The molecular formula is C21H25ClFN5O. The van der Waals surface area contributed by atoms with E-state index in [4.69, 9.17) is 11.6 Å². The van der Waals surface area contributed by atoms with Crippen molar-refractivity contribution < 1.29 is 9.18 Å². The topological polar surface area (TPSA) is 52.6 Å². The number of nitrogens with zero attached hydrogens (tertiary/aromatic N) is 5. The van der Waals surface area contributed by atoms with Gasteiger partial charge < -0.3 is 14.7 Å².